The van der Waals surface area contributed by atoms with Crippen LogP contribution in [0.3, 0.4) is 0 Å². The van der Waals surface area contributed by atoms with Crippen molar-refractivity contribution in [3.05, 3.63) is 24.3 Å². The van der Waals surface area contributed by atoms with Crippen molar-refractivity contribution in [2.45, 2.75) is 37.0 Å². The maximum absolute atomic E-state index is 12.3. The van der Waals surface area contributed by atoms with E-state index in [1.54, 1.807) is 0 Å². The molecule has 0 fully saturated rings. The molecule has 1 aromatic carbocycles. The molecule has 20 heavy (non-hydrogen) atoms. The maximum Gasteiger partial charge on any atom is 0.341 e. The summed E-state index contributed by atoms with van der Waals surface area (Å²) in [4.78, 5) is -0.402. The third-order valence-electron chi connectivity index (χ3n) is 2.53. The van der Waals surface area contributed by atoms with Crippen molar-refractivity contribution in [3.63, 3.8) is 0 Å². The SMILES string of the molecule is CC(C)NCCCOc1ccc(S(=O)(=O)C(F)F)cc1. The largest absolute Gasteiger partial charge is 0.494 e. The molecule has 0 aliphatic heterocycles. The van der Waals surface area contributed by atoms with E-state index in [-0.39, 0.29) is 0 Å². The highest BCUT2D eigenvalue weighted by atomic mass is 32.2. The van der Waals surface area contributed by atoms with Crippen LogP contribution in [0.5, 0.6) is 5.75 Å². The van der Waals surface area contributed by atoms with Gasteiger partial charge < -0.3 is 10.1 Å². The van der Waals surface area contributed by atoms with Gasteiger partial charge in [0.25, 0.3) is 0 Å². The molecular weight excluding hydrogens is 288 g/mol. The predicted octanol–water partition coefficient (Wildman–Crippen LogP) is 2.45. The van der Waals surface area contributed by atoms with E-state index in [9.17, 15) is 17.2 Å². The highest BCUT2D eigenvalue weighted by Crippen LogP contribution is 2.21. The van der Waals surface area contributed by atoms with E-state index in [1.165, 1.54) is 12.1 Å². The third-order valence-corrected chi connectivity index (χ3v) is 3.93. The van der Waals surface area contributed by atoms with Crippen molar-refractivity contribution in [1.82, 2.24) is 5.32 Å². The van der Waals surface area contributed by atoms with Gasteiger partial charge in [0, 0.05) is 6.04 Å². The second-order valence-corrected chi connectivity index (χ2v) is 6.51. The number of hydrogen-bond donors (Lipinski definition) is 1. The molecule has 1 aromatic rings. The Morgan fingerprint density at radius 3 is 2.30 bits per heavy atom. The van der Waals surface area contributed by atoms with Gasteiger partial charge in [0.05, 0.1) is 11.5 Å². The van der Waals surface area contributed by atoms with Crippen LogP contribution in [0.4, 0.5) is 8.78 Å². The Labute approximate surface area is 118 Å². The molecule has 0 saturated carbocycles. The van der Waals surface area contributed by atoms with Crippen LogP contribution in [0.25, 0.3) is 0 Å². The zero-order valence-electron chi connectivity index (χ0n) is 11.5. The Morgan fingerprint density at radius 1 is 1.20 bits per heavy atom. The number of alkyl halides is 2. The Morgan fingerprint density at radius 2 is 1.80 bits per heavy atom. The molecule has 0 aliphatic carbocycles. The molecule has 1 rings (SSSR count). The minimum atomic E-state index is -4.53. The topological polar surface area (TPSA) is 55.4 Å². The molecule has 0 amide bonds. The van der Waals surface area contributed by atoms with Crippen LogP contribution in [0.1, 0.15) is 20.3 Å². The second kappa shape index (κ2) is 7.54. The molecule has 0 aliphatic rings. The second-order valence-electron chi connectivity index (χ2n) is 4.59. The fraction of sp³-hybridized carbons (Fsp3) is 0.538. The molecule has 0 bridgehead atoms. The first-order valence-corrected chi connectivity index (χ1v) is 7.87. The first kappa shape index (κ1) is 16.8. The average Bonchev–Trinajstić information content (AvgIpc) is 2.38. The summed E-state index contributed by atoms with van der Waals surface area (Å²) in [6.07, 6.45) is 0.801. The highest BCUT2D eigenvalue weighted by Gasteiger charge is 2.26. The Hall–Kier alpha value is -1.21. The number of sulfone groups is 1. The number of benzene rings is 1. The van der Waals surface area contributed by atoms with Gasteiger partial charge in [0.1, 0.15) is 5.75 Å². The van der Waals surface area contributed by atoms with Gasteiger partial charge in [-0.15, -0.1) is 0 Å². The fourth-order valence-corrected chi connectivity index (χ4v) is 2.20. The van der Waals surface area contributed by atoms with E-state index in [2.05, 4.69) is 5.32 Å². The number of halogens is 2. The van der Waals surface area contributed by atoms with Crippen molar-refractivity contribution < 1.29 is 21.9 Å². The van der Waals surface area contributed by atoms with Gasteiger partial charge >= 0.3 is 5.76 Å². The van der Waals surface area contributed by atoms with E-state index in [0.29, 0.717) is 18.4 Å². The van der Waals surface area contributed by atoms with Crippen LogP contribution in [0.2, 0.25) is 0 Å². The Bertz CT molecular complexity index is 501. The molecule has 0 heterocycles. The summed E-state index contributed by atoms with van der Waals surface area (Å²) in [5, 5.41) is 3.23. The van der Waals surface area contributed by atoms with E-state index < -0.39 is 20.5 Å². The van der Waals surface area contributed by atoms with E-state index >= 15 is 0 Å². The fourth-order valence-electron chi connectivity index (χ4n) is 1.48. The molecule has 114 valence electrons. The van der Waals surface area contributed by atoms with Crippen LogP contribution in [-0.2, 0) is 9.84 Å². The normalized spacial score (nSPS) is 12.1. The minimum Gasteiger partial charge on any atom is -0.494 e. The third kappa shape index (κ3) is 5.05. The standard InChI is InChI=1S/C13H19F2NO3S/c1-10(2)16-8-3-9-19-11-4-6-12(7-5-11)20(17,18)13(14)15/h4-7,10,13,16H,3,8-9H2,1-2H3. The lowest BCUT2D eigenvalue weighted by Crippen LogP contribution is -2.24. The molecule has 0 unspecified atom stereocenters. The lowest BCUT2D eigenvalue weighted by atomic mass is 10.3. The van der Waals surface area contributed by atoms with Gasteiger partial charge in [0.15, 0.2) is 0 Å². The van der Waals surface area contributed by atoms with E-state index in [1.807, 2.05) is 13.8 Å². The van der Waals surface area contributed by atoms with Crippen LogP contribution >= 0.6 is 0 Å². The number of hydrogen-bond acceptors (Lipinski definition) is 4. The van der Waals surface area contributed by atoms with Crippen molar-refractivity contribution in [2.75, 3.05) is 13.2 Å². The van der Waals surface area contributed by atoms with E-state index in [0.717, 1.165) is 25.1 Å². The van der Waals surface area contributed by atoms with Gasteiger partial charge in [-0.1, -0.05) is 13.8 Å². The van der Waals surface area contributed by atoms with Gasteiger partial charge in [-0.05, 0) is 37.2 Å². The molecule has 0 saturated heterocycles. The molecule has 0 radical (unpaired) electrons. The smallest absolute Gasteiger partial charge is 0.341 e. The number of rotatable bonds is 8. The highest BCUT2D eigenvalue weighted by molar-refractivity contribution is 7.91. The maximum atomic E-state index is 12.3. The van der Waals surface area contributed by atoms with Crippen LogP contribution in [0, 0.1) is 0 Å². The summed E-state index contributed by atoms with van der Waals surface area (Å²) in [5.74, 6) is -2.95. The lowest BCUT2D eigenvalue weighted by Gasteiger charge is -2.09. The molecule has 4 nitrogen and oxygen atoms in total. The summed E-state index contributed by atoms with van der Waals surface area (Å²) in [7, 11) is -4.53. The van der Waals surface area contributed by atoms with Crippen LogP contribution < -0.4 is 10.1 Å². The first-order valence-electron chi connectivity index (χ1n) is 6.32. The minimum absolute atomic E-state index is 0.402. The van der Waals surface area contributed by atoms with Gasteiger partial charge in [0.2, 0.25) is 9.84 Å². The molecule has 0 spiro atoms. The number of nitrogens with one attached hydrogen (secondary N) is 1. The molecule has 0 atom stereocenters. The zero-order valence-corrected chi connectivity index (χ0v) is 12.3. The van der Waals surface area contributed by atoms with E-state index in [4.69, 9.17) is 4.74 Å². The van der Waals surface area contributed by atoms with Crippen molar-refractivity contribution in [2.24, 2.45) is 0 Å². The molecular formula is C13H19F2NO3S. The van der Waals surface area contributed by atoms with Gasteiger partial charge in [-0.3, -0.25) is 0 Å². The van der Waals surface area contributed by atoms with Crippen LogP contribution in [-0.4, -0.2) is 33.4 Å². The summed E-state index contributed by atoms with van der Waals surface area (Å²) in [6, 6.07) is 5.43. The van der Waals surface area contributed by atoms with Gasteiger partial charge in [-0.25, -0.2) is 8.42 Å². The quantitative estimate of drug-likeness (QED) is 0.750. The molecule has 7 heteroatoms. The monoisotopic (exact) mass is 307 g/mol. The number of ether oxygens (including phenoxy) is 1. The van der Waals surface area contributed by atoms with Crippen molar-refractivity contribution in [1.29, 1.82) is 0 Å². The van der Waals surface area contributed by atoms with Crippen molar-refractivity contribution >= 4 is 9.84 Å². The summed E-state index contributed by atoms with van der Waals surface area (Å²) >= 11 is 0. The average molecular weight is 307 g/mol. The molecule has 0 aromatic heterocycles. The van der Waals surface area contributed by atoms with Crippen LogP contribution in [0.15, 0.2) is 29.2 Å². The predicted molar refractivity (Wildman–Crippen MR) is 72.9 cm³/mol. The van der Waals surface area contributed by atoms with Gasteiger partial charge in [-0.2, -0.15) is 8.78 Å². The Kier molecular flexibility index (Phi) is 6.35. The summed E-state index contributed by atoms with van der Waals surface area (Å²) in [6.45, 7) is 5.38. The van der Waals surface area contributed by atoms with Crippen molar-refractivity contribution in [3.8, 4) is 5.75 Å². The molecule has 1 N–H and O–H groups in total. The zero-order chi connectivity index (χ0) is 15.2. The lowest BCUT2D eigenvalue weighted by molar-refractivity contribution is 0.234. The summed E-state index contributed by atoms with van der Waals surface area (Å²) < 4.78 is 52.5. The first-order chi connectivity index (χ1) is 9.34. The summed E-state index contributed by atoms with van der Waals surface area (Å²) in [5.41, 5.74) is 0. The Balaban J connectivity index is 2.48.